The fraction of sp³-hybridized carbons (Fsp3) is 0.906. The number of carbonyl (C=O) groups excluding carboxylic acids is 1. The summed E-state index contributed by atoms with van der Waals surface area (Å²) in [6.07, 6.45) is 64.3. The second-order valence-corrected chi connectivity index (χ2v) is 17.9. The maximum atomic E-state index is 12.4. The van der Waals surface area contributed by atoms with Gasteiger partial charge in [0.1, 0.15) is 0 Å². The SMILES string of the molecule is CCCCCC/C=C\C/C=C\CCCCCCCCCC(=O)NC(CO)C(O)CCCCCCCCCCCCCCCCCCCCCCCCCCCCC. The van der Waals surface area contributed by atoms with E-state index in [-0.39, 0.29) is 12.5 Å². The molecule has 0 aliphatic heterocycles. The van der Waals surface area contributed by atoms with Gasteiger partial charge < -0.3 is 15.5 Å². The van der Waals surface area contributed by atoms with Crippen LogP contribution in [-0.2, 0) is 4.79 Å². The lowest BCUT2D eigenvalue weighted by molar-refractivity contribution is -0.123. The third kappa shape index (κ3) is 45.8. The summed E-state index contributed by atoms with van der Waals surface area (Å²) in [4.78, 5) is 12.4. The molecule has 0 fully saturated rings. The minimum absolute atomic E-state index is 0.0357. The van der Waals surface area contributed by atoms with Crippen LogP contribution in [0.25, 0.3) is 0 Å². The number of amides is 1. The highest BCUT2D eigenvalue weighted by atomic mass is 16.3. The van der Waals surface area contributed by atoms with Crippen molar-refractivity contribution in [3.8, 4) is 0 Å². The van der Waals surface area contributed by atoms with E-state index in [1.54, 1.807) is 0 Å². The van der Waals surface area contributed by atoms with Crippen molar-refractivity contribution in [1.29, 1.82) is 0 Å². The van der Waals surface area contributed by atoms with Crippen LogP contribution >= 0.6 is 0 Å². The van der Waals surface area contributed by atoms with Crippen molar-refractivity contribution >= 4 is 5.91 Å². The first kappa shape index (κ1) is 55.9. The zero-order valence-electron chi connectivity index (χ0n) is 38.9. The Balaban J connectivity index is 3.45. The first-order chi connectivity index (χ1) is 28.2. The number of hydrogen-bond donors (Lipinski definition) is 3. The smallest absolute Gasteiger partial charge is 0.220 e. The van der Waals surface area contributed by atoms with Gasteiger partial charge in [-0.3, -0.25) is 4.79 Å². The summed E-state index contributed by atoms with van der Waals surface area (Å²) in [6.45, 7) is 4.36. The number of allylic oxidation sites excluding steroid dienone is 4. The van der Waals surface area contributed by atoms with E-state index >= 15 is 0 Å². The van der Waals surface area contributed by atoms with E-state index < -0.39 is 12.1 Å². The molecular formula is C53H103NO3. The lowest BCUT2D eigenvalue weighted by Gasteiger charge is -2.22. The summed E-state index contributed by atoms with van der Waals surface area (Å²) < 4.78 is 0. The lowest BCUT2D eigenvalue weighted by atomic mass is 10.0. The predicted molar refractivity (Wildman–Crippen MR) is 253 cm³/mol. The second-order valence-electron chi connectivity index (χ2n) is 17.9. The van der Waals surface area contributed by atoms with Crippen molar-refractivity contribution < 1.29 is 15.0 Å². The van der Waals surface area contributed by atoms with Crippen molar-refractivity contribution in [1.82, 2.24) is 5.32 Å². The molecule has 0 spiro atoms. The van der Waals surface area contributed by atoms with Crippen LogP contribution in [0.15, 0.2) is 24.3 Å². The maximum Gasteiger partial charge on any atom is 0.220 e. The van der Waals surface area contributed by atoms with E-state index in [2.05, 4.69) is 43.5 Å². The summed E-state index contributed by atoms with van der Waals surface area (Å²) in [5, 5.41) is 23.3. The lowest BCUT2D eigenvalue weighted by Crippen LogP contribution is -2.45. The first-order valence-corrected chi connectivity index (χ1v) is 26.0. The number of unbranched alkanes of at least 4 members (excludes halogenated alkanes) is 37. The van der Waals surface area contributed by atoms with Crippen LogP contribution in [0.3, 0.4) is 0 Å². The molecule has 338 valence electrons. The van der Waals surface area contributed by atoms with Gasteiger partial charge in [-0.15, -0.1) is 0 Å². The molecule has 0 bridgehead atoms. The van der Waals surface area contributed by atoms with Crippen molar-refractivity contribution in [2.24, 2.45) is 0 Å². The number of aliphatic hydroxyl groups excluding tert-OH is 2. The fourth-order valence-corrected chi connectivity index (χ4v) is 8.22. The Morgan fingerprint density at radius 1 is 0.421 bits per heavy atom. The van der Waals surface area contributed by atoms with Crippen LogP contribution in [0.4, 0.5) is 0 Å². The molecule has 0 rings (SSSR count). The number of carbonyl (C=O) groups is 1. The molecule has 0 heterocycles. The average Bonchev–Trinajstić information content (AvgIpc) is 3.22. The van der Waals surface area contributed by atoms with E-state index in [0.29, 0.717) is 12.8 Å². The Labute approximate surface area is 358 Å². The molecule has 0 aromatic carbocycles. The Morgan fingerprint density at radius 3 is 1.07 bits per heavy atom. The highest BCUT2D eigenvalue weighted by Crippen LogP contribution is 2.17. The zero-order chi connectivity index (χ0) is 41.4. The molecule has 0 radical (unpaired) electrons. The summed E-state index contributed by atoms with van der Waals surface area (Å²) in [5.41, 5.74) is 0. The van der Waals surface area contributed by atoms with E-state index in [1.165, 1.54) is 231 Å². The highest BCUT2D eigenvalue weighted by molar-refractivity contribution is 5.76. The van der Waals surface area contributed by atoms with Gasteiger partial charge >= 0.3 is 0 Å². The Kier molecular flexibility index (Phi) is 48.3. The van der Waals surface area contributed by atoms with Gasteiger partial charge in [0, 0.05) is 6.42 Å². The minimum atomic E-state index is -0.662. The van der Waals surface area contributed by atoms with Gasteiger partial charge in [0.25, 0.3) is 0 Å². The molecule has 4 heteroatoms. The third-order valence-electron chi connectivity index (χ3n) is 12.2. The van der Waals surface area contributed by atoms with E-state index in [1.807, 2.05) is 0 Å². The number of nitrogens with one attached hydrogen (secondary N) is 1. The molecule has 2 atom stereocenters. The largest absolute Gasteiger partial charge is 0.394 e. The molecule has 3 N–H and O–H groups in total. The topological polar surface area (TPSA) is 69.6 Å². The Morgan fingerprint density at radius 2 is 0.719 bits per heavy atom. The molecular weight excluding hydrogens is 699 g/mol. The predicted octanol–water partition coefficient (Wildman–Crippen LogP) is 16.8. The quantitative estimate of drug-likeness (QED) is 0.0424. The molecule has 4 nitrogen and oxygen atoms in total. The van der Waals surface area contributed by atoms with Crippen molar-refractivity contribution in [3.63, 3.8) is 0 Å². The van der Waals surface area contributed by atoms with Gasteiger partial charge in [0.05, 0.1) is 18.8 Å². The van der Waals surface area contributed by atoms with Crippen LogP contribution in [0, 0.1) is 0 Å². The normalized spacial score (nSPS) is 13.0. The average molecular weight is 802 g/mol. The fourth-order valence-electron chi connectivity index (χ4n) is 8.22. The van der Waals surface area contributed by atoms with E-state index in [4.69, 9.17) is 0 Å². The summed E-state index contributed by atoms with van der Waals surface area (Å²) >= 11 is 0. The third-order valence-corrected chi connectivity index (χ3v) is 12.2. The van der Waals surface area contributed by atoms with Gasteiger partial charge in [-0.2, -0.15) is 0 Å². The van der Waals surface area contributed by atoms with Gasteiger partial charge in [-0.25, -0.2) is 0 Å². The minimum Gasteiger partial charge on any atom is -0.394 e. The molecule has 0 saturated heterocycles. The molecule has 1 amide bonds. The van der Waals surface area contributed by atoms with Crippen LogP contribution < -0.4 is 5.32 Å². The number of aliphatic hydroxyl groups is 2. The summed E-state index contributed by atoms with van der Waals surface area (Å²) in [5.74, 6) is -0.0357. The molecule has 0 aliphatic carbocycles. The first-order valence-electron chi connectivity index (χ1n) is 26.0. The summed E-state index contributed by atoms with van der Waals surface area (Å²) in [7, 11) is 0. The van der Waals surface area contributed by atoms with Gasteiger partial charge in [-0.1, -0.05) is 263 Å². The van der Waals surface area contributed by atoms with Gasteiger partial charge in [0.2, 0.25) is 5.91 Å². The van der Waals surface area contributed by atoms with E-state index in [0.717, 1.165) is 32.1 Å². The van der Waals surface area contributed by atoms with Crippen LogP contribution in [0.5, 0.6) is 0 Å². The summed E-state index contributed by atoms with van der Waals surface area (Å²) in [6, 6.07) is -0.540. The monoisotopic (exact) mass is 802 g/mol. The van der Waals surface area contributed by atoms with Crippen LogP contribution in [-0.4, -0.2) is 34.9 Å². The molecule has 0 saturated carbocycles. The number of rotatable bonds is 48. The molecule has 0 aromatic rings. The maximum absolute atomic E-state index is 12.4. The zero-order valence-corrected chi connectivity index (χ0v) is 38.9. The Bertz CT molecular complexity index is 825. The molecule has 57 heavy (non-hydrogen) atoms. The second kappa shape index (κ2) is 49.2. The molecule has 0 aromatic heterocycles. The van der Waals surface area contributed by atoms with Crippen LogP contribution in [0.2, 0.25) is 0 Å². The van der Waals surface area contributed by atoms with E-state index in [9.17, 15) is 15.0 Å². The van der Waals surface area contributed by atoms with Crippen LogP contribution in [0.1, 0.15) is 290 Å². The van der Waals surface area contributed by atoms with Gasteiger partial charge in [-0.05, 0) is 44.9 Å². The standard InChI is InChI=1S/C53H103NO3/c1-3-5-7-9-11-13-15-17-19-21-23-24-25-26-27-28-29-30-31-32-34-36-38-40-42-44-46-48-52(56)51(50-55)54-53(57)49-47-45-43-41-39-37-35-33-22-20-18-16-14-12-10-8-6-4-2/h14,16,20,22,51-52,55-56H,3-13,15,17-19,21,23-50H2,1-2H3,(H,54,57)/b16-14-,22-20-. The van der Waals surface area contributed by atoms with Crippen molar-refractivity contribution in [3.05, 3.63) is 24.3 Å². The molecule has 2 unspecified atom stereocenters. The van der Waals surface area contributed by atoms with Crippen molar-refractivity contribution in [2.75, 3.05) is 6.61 Å². The van der Waals surface area contributed by atoms with Gasteiger partial charge in [0.15, 0.2) is 0 Å². The molecule has 0 aliphatic rings. The van der Waals surface area contributed by atoms with Crippen molar-refractivity contribution in [2.45, 2.75) is 302 Å². The number of hydrogen-bond acceptors (Lipinski definition) is 3. The Hall–Kier alpha value is -1.13. The highest BCUT2D eigenvalue weighted by Gasteiger charge is 2.20.